The van der Waals surface area contributed by atoms with Crippen molar-refractivity contribution in [3.05, 3.63) is 0 Å². The molecule has 0 saturated heterocycles. The number of fused-ring (bicyclic) bond motifs is 1. The maximum Gasteiger partial charge on any atom is 0.152 e. The first-order chi connectivity index (χ1) is 5.77. The van der Waals surface area contributed by atoms with Gasteiger partial charge in [-0.1, -0.05) is 12.8 Å². The van der Waals surface area contributed by atoms with E-state index in [1.807, 2.05) is 0 Å². The number of hydrogen-bond acceptors (Lipinski definition) is 0. The fourth-order valence-electron chi connectivity index (χ4n) is 3.08. The molecule has 0 N–H and O–H groups in total. The van der Waals surface area contributed by atoms with E-state index < -0.39 is 0 Å². The van der Waals surface area contributed by atoms with Crippen LogP contribution in [0.3, 0.4) is 0 Å². The summed E-state index contributed by atoms with van der Waals surface area (Å²) in [6, 6.07) is 0.782. The fraction of sp³-hybridized carbons (Fsp3) is 0.909. The second-order valence-electron chi connectivity index (χ2n) is 4.67. The number of rotatable bonds is 1. The maximum absolute atomic E-state index is 4.01. The van der Waals surface area contributed by atoms with E-state index in [1.54, 1.807) is 0 Å². The third-order valence-electron chi connectivity index (χ3n) is 3.89. The lowest BCUT2D eigenvalue weighted by Gasteiger charge is -2.28. The van der Waals surface area contributed by atoms with E-state index in [0.29, 0.717) is 0 Å². The van der Waals surface area contributed by atoms with Crippen LogP contribution in [0.2, 0.25) is 0 Å². The van der Waals surface area contributed by atoms with Gasteiger partial charge < -0.3 is 0 Å². The standard InChI is InChI=1S/C11H20N/c1-12(2)11-7-6-9-4-3-5-10(9)8-11/h9-11H,1,3-8H2,2H3/q+1/t9?,10?,11-/m1/s1. The molecule has 0 aromatic rings. The van der Waals surface area contributed by atoms with Gasteiger partial charge in [-0.2, -0.15) is 0 Å². The number of hydrogen-bond donors (Lipinski definition) is 0. The van der Waals surface area contributed by atoms with Crippen LogP contribution in [0.4, 0.5) is 0 Å². The fourth-order valence-corrected chi connectivity index (χ4v) is 3.08. The van der Waals surface area contributed by atoms with E-state index >= 15 is 0 Å². The predicted octanol–water partition coefficient (Wildman–Crippen LogP) is 2.30. The highest BCUT2D eigenvalue weighted by Gasteiger charge is 2.36. The lowest BCUT2D eigenvalue weighted by Crippen LogP contribution is -2.31. The van der Waals surface area contributed by atoms with Crippen molar-refractivity contribution in [3.63, 3.8) is 0 Å². The van der Waals surface area contributed by atoms with Crippen molar-refractivity contribution < 1.29 is 4.58 Å². The Labute approximate surface area is 75.5 Å². The lowest BCUT2D eigenvalue weighted by molar-refractivity contribution is -0.536. The molecule has 0 aromatic heterocycles. The van der Waals surface area contributed by atoms with Gasteiger partial charge in [0.05, 0.1) is 0 Å². The van der Waals surface area contributed by atoms with Gasteiger partial charge in [-0.25, -0.2) is 4.58 Å². The molecule has 12 heavy (non-hydrogen) atoms. The van der Waals surface area contributed by atoms with E-state index in [4.69, 9.17) is 0 Å². The monoisotopic (exact) mass is 166 g/mol. The number of nitrogens with zero attached hydrogens (tertiary/aromatic N) is 1. The average Bonchev–Trinajstić information content (AvgIpc) is 2.49. The second-order valence-corrected chi connectivity index (χ2v) is 4.67. The van der Waals surface area contributed by atoms with Crippen molar-refractivity contribution in [1.29, 1.82) is 0 Å². The van der Waals surface area contributed by atoms with Gasteiger partial charge in [0.25, 0.3) is 0 Å². The summed E-state index contributed by atoms with van der Waals surface area (Å²) in [5, 5.41) is 0. The first-order valence-corrected chi connectivity index (χ1v) is 5.30. The van der Waals surface area contributed by atoms with E-state index in [2.05, 4.69) is 18.3 Å². The highest BCUT2D eigenvalue weighted by atomic mass is 15.0. The Kier molecular flexibility index (Phi) is 2.20. The first kappa shape index (κ1) is 8.28. The Bertz CT molecular complexity index is 185. The zero-order chi connectivity index (χ0) is 8.55. The lowest BCUT2D eigenvalue weighted by atomic mass is 9.79. The molecule has 3 atom stereocenters. The first-order valence-electron chi connectivity index (χ1n) is 5.30. The molecule has 0 radical (unpaired) electrons. The molecule has 0 aliphatic heterocycles. The van der Waals surface area contributed by atoms with Gasteiger partial charge in [0.15, 0.2) is 6.04 Å². The van der Waals surface area contributed by atoms with E-state index in [-0.39, 0.29) is 0 Å². The highest BCUT2D eigenvalue weighted by molar-refractivity contribution is 5.14. The summed E-state index contributed by atoms with van der Waals surface area (Å²) < 4.78 is 2.18. The van der Waals surface area contributed by atoms with Crippen LogP contribution in [-0.4, -0.2) is 24.4 Å². The molecular weight excluding hydrogens is 146 g/mol. The minimum absolute atomic E-state index is 0.782. The molecular formula is C11H20N+. The van der Waals surface area contributed by atoms with E-state index in [0.717, 1.165) is 17.9 Å². The van der Waals surface area contributed by atoms with Crippen LogP contribution in [0.15, 0.2) is 0 Å². The van der Waals surface area contributed by atoms with Crippen LogP contribution in [0.1, 0.15) is 38.5 Å². The smallest absolute Gasteiger partial charge is 0.152 e. The minimum atomic E-state index is 0.782. The molecule has 0 bridgehead atoms. The van der Waals surface area contributed by atoms with Gasteiger partial charge in [-0.15, -0.1) is 0 Å². The van der Waals surface area contributed by atoms with Crippen LogP contribution < -0.4 is 0 Å². The van der Waals surface area contributed by atoms with Crippen LogP contribution in [-0.2, 0) is 0 Å². The van der Waals surface area contributed by atoms with Crippen LogP contribution in [0.25, 0.3) is 0 Å². The highest BCUT2D eigenvalue weighted by Crippen LogP contribution is 2.42. The van der Waals surface area contributed by atoms with Crippen molar-refractivity contribution in [2.45, 2.75) is 44.6 Å². The Morgan fingerprint density at radius 1 is 1.08 bits per heavy atom. The Morgan fingerprint density at radius 3 is 2.58 bits per heavy atom. The average molecular weight is 166 g/mol. The van der Waals surface area contributed by atoms with Crippen molar-refractivity contribution in [1.82, 2.24) is 0 Å². The van der Waals surface area contributed by atoms with Crippen LogP contribution in [0, 0.1) is 11.8 Å². The van der Waals surface area contributed by atoms with E-state index in [1.165, 1.54) is 38.5 Å². The molecule has 1 nitrogen and oxygen atoms in total. The molecule has 2 saturated carbocycles. The molecule has 0 heterocycles. The summed E-state index contributed by atoms with van der Waals surface area (Å²) >= 11 is 0. The van der Waals surface area contributed by atoms with Crippen molar-refractivity contribution in [3.8, 4) is 0 Å². The zero-order valence-electron chi connectivity index (χ0n) is 8.13. The van der Waals surface area contributed by atoms with E-state index in [9.17, 15) is 0 Å². The normalized spacial score (nSPS) is 40.9. The Hall–Kier alpha value is -0.330. The summed E-state index contributed by atoms with van der Waals surface area (Å²) in [5.41, 5.74) is 0. The molecule has 0 spiro atoms. The maximum atomic E-state index is 4.01. The molecule has 2 aliphatic rings. The van der Waals surface area contributed by atoms with Gasteiger partial charge in [0, 0.05) is 12.8 Å². The molecule has 1 heteroatoms. The molecule has 68 valence electrons. The second kappa shape index (κ2) is 3.20. The molecule has 2 unspecified atom stereocenters. The molecule has 2 aliphatic carbocycles. The van der Waals surface area contributed by atoms with Gasteiger partial charge in [-0.3, -0.25) is 0 Å². The largest absolute Gasteiger partial charge is 0.242 e. The molecule has 0 amide bonds. The molecule has 0 aromatic carbocycles. The Balaban J connectivity index is 1.96. The zero-order valence-corrected chi connectivity index (χ0v) is 8.13. The van der Waals surface area contributed by atoms with Crippen LogP contribution >= 0.6 is 0 Å². The molecule has 2 fully saturated rings. The van der Waals surface area contributed by atoms with Gasteiger partial charge in [0.1, 0.15) is 13.8 Å². The summed E-state index contributed by atoms with van der Waals surface area (Å²) in [6.45, 7) is 4.01. The van der Waals surface area contributed by atoms with Crippen molar-refractivity contribution >= 4 is 6.72 Å². The summed E-state index contributed by atoms with van der Waals surface area (Å²) in [5.74, 6) is 2.13. The summed E-state index contributed by atoms with van der Waals surface area (Å²) in [4.78, 5) is 0. The van der Waals surface area contributed by atoms with Gasteiger partial charge in [-0.05, 0) is 24.7 Å². The van der Waals surface area contributed by atoms with Crippen molar-refractivity contribution in [2.75, 3.05) is 7.05 Å². The van der Waals surface area contributed by atoms with Gasteiger partial charge in [0.2, 0.25) is 0 Å². The Morgan fingerprint density at radius 2 is 1.83 bits per heavy atom. The third-order valence-corrected chi connectivity index (χ3v) is 3.89. The summed E-state index contributed by atoms with van der Waals surface area (Å²) in [7, 11) is 2.12. The minimum Gasteiger partial charge on any atom is -0.242 e. The third kappa shape index (κ3) is 1.41. The SMILES string of the molecule is C=[N+](C)[C@@H]1CCC2CCCC2C1. The van der Waals surface area contributed by atoms with Gasteiger partial charge >= 0.3 is 0 Å². The van der Waals surface area contributed by atoms with Crippen molar-refractivity contribution in [2.24, 2.45) is 11.8 Å². The topological polar surface area (TPSA) is 3.01 Å². The summed E-state index contributed by atoms with van der Waals surface area (Å²) in [6.07, 6.45) is 8.77. The van der Waals surface area contributed by atoms with Crippen LogP contribution in [0.5, 0.6) is 0 Å². The molecule has 2 rings (SSSR count). The quantitative estimate of drug-likeness (QED) is 0.415. The predicted molar refractivity (Wildman–Crippen MR) is 51.8 cm³/mol.